The van der Waals surface area contributed by atoms with Crippen LogP contribution < -0.4 is 4.74 Å². The molecular formula is C29H34N2O4. The van der Waals surface area contributed by atoms with Gasteiger partial charge in [0, 0.05) is 29.7 Å². The average Bonchev–Trinajstić information content (AvgIpc) is 3.19. The summed E-state index contributed by atoms with van der Waals surface area (Å²) in [5.41, 5.74) is 7.97. The van der Waals surface area contributed by atoms with Crippen LogP contribution >= 0.6 is 0 Å². The second kappa shape index (κ2) is 9.61. The normalized spacial score (nSPS) is 14.1. The zero-order valence-electron chi connectivity index (χ0n) is 21.5. The Morgan fingerprint density at radius 3 is 2.57 bits per heavy atom. The van der Waals surface area contributed by atoms with Gasteiger partial charge in [-0.15, -0.1) is 0 Å². The fourth-order valence-electron chi connectivity index (χ4n) is 4.75. The van der Waals surface area contributed by atoms with Crippen molar-refractivity contribution in [1.29, 1.82) is 0 Å². The van der Waals surface area contributed by atoms with Gasteiger partial charge >= 0.3 is 6.09 Å². The first kappa shape index (κ1) is 24.6. The number of methoxy groups -OCH3 is 1. The lowest BCUT2D eigenvalue weighted by Gasteiger charge is -2.30. The minimum atomic E-state index is -0.498. The van der Waals surface area contributed by atoms with Gasteiger partial charge in [0.15, 0.2) is 6.29 Å². The van der Waals surface area contributed by atoms with Gasteiger partial charge in [0.25, 0.3) is 0 Å². The maximum absolute atomic E-state index is 12.4. The van der Waals surface area contributed by atoms with Crippen LogP contribution in [0.5, 0.6) is 5.75 Å². The molecule has 1 aliphatic rings. The minimum absolute atomic E-state index is 0.266. The molecule has 0 saturated carbocycles. The summed E-state index contributed by atoms with van der Waals surface area (Å²) in [5.74, 6) is 0.570. The first-order chi connectivity index (χ1) is 16.6. The number of aldehydes is 1. The second-order valence-electron chi connectivity index (χ2n) is 10.0. The molecule has 3 aromatic rings. The molecule has 1 N–H and O–H groups in total. The standard InChI is InChI=1S/C29H34N2O4/c1-7-22-24-16-23(19-10-12-31(13-11-19)28(33)35-29(3,4)5)18(2)14-25(24)30-27(22)20-8-9-26(34-6)21(15-20)17-32/h8-10,14-17,30H,7,11-13H2,1-6H3. The summed E-state index contributed by atoms with van der Waals surface area (Å²) in [6.45, 7) is 11.1. The number of hydrogen-bond acceptors (Lipinski definition) is 4. The highest BCUT2D eigenvalue weighted by atomic mass is 16.6. The molecule has 2 heterocycles. The lowest BCUT2D eigenvalue weighted by atomic mass is 9.93. The number of aromatic nitrogens is 1. The third-order valence-electron chi connectivity index (χ3n) is 6.46. The molecule has 1 aliphatic heterocycles. The molecule has 0 fully saturated rings. The van der Waals surface area contributed by atoms with E-state index < -0.39 is 5.60 Å². The van der Waals surface area contributed by atoms with E-state index in [0.717, 1.165) is 35.9 Å². The molecule has 2 aromatic carbocycles. The summed E-state index contributed by atoms with van der Waals surface area (Å²) >= 11 is 0. The molecule has 35 heavy (non-hydrogen) atoms. The van der Waals surface area contributed by atoms with Gasteiger partial charge in [-0.3, -0.25) is 4.79 Å². The van der Waals surface area contributed by atoms with E-state index in [4.69, 9.17) is 9.47 Å². The third-order valence-corrected chi connectivity index (χ3v) is 6.46. The Labute approximate surface area is 206 Å². The summed E-state index contributed by atoms with van der Waals surface area (Å²) in [6, 6.07) is 10.2. The van der Waals surface area contributed by atoms with Gasteiger partial charge < -0.3 is 19.4 Å². The number of aryl methyl sites for hydroxylation is 2. The molecule has 0 bridgehead atoms. The number of nitrogens with one attached hydrogen (secondary N) is 1. The minimum Gasteiger partial charge on any atom is -0.496 e. The summed E-state index contributed by atoms with van der Waals surface area (Å²) in [7, 11) is 1.57. The van der Waals surface area contributed by atoms with E-state index >= 15 is 0 Å². The van der Waals surface area contributed by atoms with Gasteiger partial charge in [-0.05, 0) is 98.7 Å². The van der Waals surface area contributed by atoms with Crippen LogP contribution in [0.3, 0.4) is 0 Å². The highest BCUT2D eigenvalue weighted by molar-refractivity contribution is 5.95. The molecule has 0 radical (unpaired) electrons. The van der Waals surface area contributed by atoms with Crippen LogP contribution in [0.4, 0.5) is 4.79 Å². The molecule has 0 spiro atoms. The average molecular weight is 475 g/mol. The molecule has 0 saturated heterocycles. The third kappa shape index (κ3) is 4.97. The maximum atomic E-state index is 12.4. The van der Waals surface area contributed by atoms with E-state index in [-0.39, 0.29) is 6.09 Å². The van der Waals surface area contributed by atoms with Gasteiger partial charge in [-0.1, -0.05) is 13.0 Å². The number of carbonyl (C=O) groups excluding carboxylic acids is 2. The summed E-state index contributed by atoms with van der Waals surface area (Å²) in [5, 5.41) is 1.18. The number of carbonyl (C=O) groups is 2. The molecule has 6 nitrogen and oxygen atoms in total. The molecule has 184 valence electrons. The molecule has 6 heteroatoms. The van der Waals surface area contributed by atoms with E-state index in [2.05, 4.69) is 37.0 Å². The van der Waals surface area contributed by atoms with Gasteiger partial charge in [-0.25, -0.2) is 4.79 Å². The van der Waals surface area contributed by atoms with E-state index in [1.807, 2.05) is 39.0 Å². The van der Waals surface area contributed by atoms with Crippen molar-refractivity contribution in [2.75, 3.05) is 20.2 Å². The topological polar surface area (TPSA) is 71.6 Å². The Morgan fingerprint density at radius 2 is 1.97 bits per heavy atom. The number of aromatic amines is 1. The lowest BCUT2D eigenvalue weighted by molar-refractivity contribution is 0.0270. The summed E-state index contributed by atoms with van der Waals surface area (Å²) in [6.07, 6.45) is 4.34. The predicted octanol–water partition coefficient (Wildman–Crippen LogP) is 6.55. The Hall–Kier alpha value is -3.54. The second-order valence-corrected chi connectivity index (χ2v) is 10.0. The fraction of sp³-hybridized carbons (Fsp3) is 0.379. The van der Waals surface area contributed by atoms with Crippen molar-refractivity contribution in [2.45, 2.75) is 53.1 Å². The van der Waals surface area contributed by atoms with E-state index in [9.17, 15) is 9.59 Å². The number of benzene rings is 2. The lowest BCUT2D eigenvalue weighted by Crippen LogP contribution is -2.39. The van der Waals surface area contributed by atoms with Crippen LogP contribution in [-0.2, 0) is 11.2 Å². The SMILES string of the molecule is CCc1c(-c2ccc(OC)c(C=O)c2)[nH]c2cc(C)c(C3=CCN(C(=O)OC(C)(C)C)CC3)cc12. The Balaban J connectivity index is 1.69. The number of H-pyrrole nitrogens is 1. The van der Waals surface area contributed by atoms with Crippen molar-refractivity contribution in [3.8, 4) is 17.0 Å². The predicted molar refractivity (Wildman–Crippen MR) is 140 cm³/mol. The highest BCUT2D eigenvalue weighted by Crippen LogP contribution is 2.36. The maximum Gasteiger partial charge on any atom is 0.410 e. The van der Waals surface area contributed by atoms with Crippen LogP contribution in [0, 0.1) is 6.92 Å². The van der Waals surface area contributed by atoms with Crippen molar-refractivity contribution < 1.29 is 19.1 Å². The van der Waals surface area contributed by atoms with Crippen LogP contribution in [0.1, 0.15) is 61.2 Å². The zero-order valence-corrected chi connectivity index (χ0v) is 21.5. The molecule has 1 aromatic heterocycles. The van der Waals surface area contributed by atoms with Crippen molar-refractivity contribution in [1.82, 2.24) is 9.88 Å². The van der Waals surface area contributed by atoms with E-state index in [0.29, 0.717) is 24.4 Å². The Kier molecular flexibility index (Phi) is 6.75. The van der Waals surface area contributed by atoms with Crippen molar-refractivity contribution in [2.24, 2.45) is 0 Å². The van der Waals surface area contributed by atoms with Crippen LogP contribution in [0.25, 0.3) is 27.7 Å². The van der Waals surface area contributed by atoms with E-state index in [1.54, 1.807) is 12.0 Å². The molecule has 1 amide bonds. The number of amides is 1. The first-order valence-electron chi connectivity index (χ1n) is 12.1. The summed E-state index contributed by atoms with van der Waals surface area (Å²) < 4.78 is 10.8. The number of ether oxygens (including phenoxy) is 2. The largest absolute Gasteiger partial charge is 0.496 e. The van der Waals surface area contributed by atoms with Gasteiger partial charge in [0.1, 0.15) is 11.4 Å². The molecule has 0 aliphatic carbocycles. The molecule has 0 atom stereocenters. The zero-order chi connectivity index (χ0) is 25.3. The first-order valence-corrected chi connectivity index (χ1v) is 12.1. The van der Waals surface area contributed by atoms with Crippen molar-refractivity contribution in [3.63, 3.8) is 0 Å². The number of nitrogens with zero attached hydrogens (tertiary/aromatic N) is 1. The number of hydrogen-bond donors (Lipinski definition) is 1. The molecular weight excluding hydrogens is 440 g/mol. The molecule has 0 unspecified atom stereocenters. The van der Waals surface area contributed by atoms with E-state index in [1.165, 1.54) is 27.6 Å². The van der Waals surface area contributed by atoms with Crippen LogP contribution in [-0.4, -0.2) is 48.1 Å². The smallest absolute Gasteiger partial charge is 0.410 e. The fourth-order valence-corrected chi connectivity index (χ4v) is 4.75. The highest BCUT2D eigenvalue weighted by Gasteiger charge is 2.25. The van der Waals surface area contributed by atoms with Gasteiger partial charge in [-0.2, -0.15) is 0 Å². The molecule has 4 rings (SSSR count). The number of rotatable bonds is 5. The van der Waals surface area contributed by atoms with Crippen molar-refractivity contribution >= 4 is 28.9 Å². The van der Waals surface area contributed by atoms with Gasteiger partial charge in [0.2, 0.25) is 0 Å². The Morgan fingerprint density at radius 1 is 1.20 bits per heavy atom. The summed E-state index contributed by atoms with van der Waals surface area (Å²) in [4.78, 5) is 29.4. The van der Waals surface area contributed by atoms with Crippen LogP contribution in [0.15, 0.2) is 36.4 Å². The Bertz CT molecular complexity index is 1310. The quantitative estimate of drug-likeness (QED) is 0.426. The van der Waals surface area contributed by atoms with Crippen LogP contribution in [0.2, 0.25) is 0 Å². The monoisotopic (exact) mass is 474 g/mol. The van der Waals surface area contributed by atoms with Gasteiger partial charge in [0.05, 0.1) is 12.7 Å². The van der Waals surface area contributed by atoms with Crippen molar-refractivity contribution in [3.05, 3.63) is 58.7 Å². The number of fused-ring (bicyclic) bond motifs is 1.